The zero-order valence-electron chi connectivity index (χ0n) is 19.0. The van der Waals surface area contributed by atoms with Gasteiger partial charge in [-0.05, 0) is 43.7 Å². The van der Waals surface area contributed by atoms with Crippen LogP contribution in [0.3, 0.4) is 0 Å². The second-order valence-corrected chi connectivity index (χ2v) is 8.63. The normalized spacial score (nSPS) is 11.5. The van der Waals surface area contributed by atoms with E-state index < -0.39 is 0 Å². The predicted octanol–water partition coefficient (Wildman–Crippen LogP) is 5.58. The maximum Gasteiger partial charge on any atom is 0.159 e. The minimum atomic E-state index is -0.309. The Bertz CT molecular complexity index is 1680. The third-order valence-electron chi connectivity index (χ3n) is 5.69. The lowest BCUT2D eigenvalue weighted by Gasteiger charge is -2.10. The average Bonchev–Trinajstić information content (AvgIpc) is 3.47. The van der Waals surface area contributed by atoms with Gasteiger partial charge in [0.05, 0.1) is 40.3 Å². The number of imidazole rings is 1. The molecule has 0 fully saturated rings. The van der Waals surface area contributed by atoms with Crippen LogP contribution in [0.2, 0.25) is 0 Å². The Hall–Kier alpha value is -4.66. The van der Waals surface area contributed by atoms with E-state index in [1.54, 1.807) is 37.1 Å². The molecule has 0 bridgehead atoms. The van der Waals surface area contributed by atoms with E-state index in [0.29, 0.717) is 28.6 Å². The van der Waals surface area contributed by atoms with Crippen LogP contribution in [0.5, 0.6) is 0 Å². The van der Waals surface area contributed by atoms with E-state index >= 15 is 0 Å². The van der Waals surface area contributed by atoms with E-state index in [-0.39, 0.29) is 5.82 Å². The van der Waals surface area contributed by atoms with Crippen molar-refractivity contribution in [3.63, 3.8) is 0 Å². The van der Waals surface area contributed by atoms with Gasteiger partial charge in [0.25, 0.3) is 0 Å². The van der Waals surface area contributed by atoms with E-state index in [1.807, 2.05) is 18.2 Å². The highest BCUT2D eigenvalue weighted by molar-refractivity contribution is 5.97. The van der Waals surface area contributed by atoms with Crippen molar-refractivity contribution in [2.24, 2.45) is 0 Å². The van der Waals surface area contributed by atoms with Gasteiger partial charge in [-0.15, -0.1) is 0 Å². The topological polar surface area (TPSA) is 108 Å². The van der Waals surface area contributed by atoms with Crippen LogP contribution >= 0.6 is 0 Å². The molecule has 6 rings (SSSR count). The highest BCUT2D eigenvalue weighted by Gasteiger charge is 2.17. The van der Waals surface area contributed by atoms with Crippen LogP contribution in [-0.4, -0.2) is 41.2 Å². The van der Waals surface area contributed by atoms with Gasteiger partial charge in [0.15, 0.2) is 5.82 Å². The maximum atomic E-state index is 13.8. The van der Waals surface area contributed by atoms with Gasteiger partial charge in [-0.1, -0.05) is 12.1 Å². The SMILES string of the molecule is CC(C)Nc1cncc(-c2cc3c(-c4nc5c(-c6cccc(F)c6)cncc5[nH]4)n[nH]c3cn2)c1. The molecule has 0 spiro atoms. The molecule has 3 N–H and O–H groups in total. The van der Waals surface area contributed by atoms with Crippen LogP contribution < -0.4 is 5.32 Å². The Labute approximate surface area is 199 Å². The summed E-state index contributed by atoms with van der Waals surface area (Å²) in [6, 6.07) is 10.7. The minimum Gasteiger partial charge on any atom is -0.382 e. The van der Waals surface area contributed by atoms with Crippen LogP contribution in [0, 0.1) is 5.82 Å². The van der Waals surface area contributed by atoms with Crippen molar-refractivity contribution in [1.29, 1.82) is 0 Å². The standard InChI is InChI=1S/C26H21FN8/c1-14(2)31-18-7-16(9-28-10-18)21-8-19-22(13-30-21)34-35-25(19)26-32-23-12-29-11-20(24(23)33-26)15-4-3-5-17(27)6-15/h3-14,31H,1-2H3,(H,32,33)(H,34,35). The van der Waals surface area contributed by atoms with Gasteiger partial charge in [0.2, 0.25) is 0 Å². The molecule has 1 aromatic carbocycles. The zero-order valence-corrected chi connectivity index (χ0v) is 19.0. The number of benzene rings is 1. The first-order valence-corrected chi connectivity index (χ1v) is 11.2. The van der Waals surface area contributed by atoms with Gasteiger partial charge >= 0.3 is 0 Å². The molecule has 5 heterocycles. The molecular weight excluding hydrogens is 443 g/mol. The monoisotopic (exact) mass is 464 g/mol. The summed E-state index contributed by atoms with van der Waals surface area (Å²) in [5, 5.41) is 11.8. The molecule has 0 saturated carbocycles. The fourth-order valence-electron chi connectivity index (χ4n) is 4.16. The summed E-state index contributed by atoms with van der Waals surface area (Å²) in [6.07, 6.45) is 8.74. The third kappa shape index (κ3) is 3.86. The number of pyridine rings is 3. The molecule has 35 heavy (non-hydrogen) atoms. The number of halogens is 1. The number of nitrogens with zero attached hydrogens (tertiary/aromatic N) is 5. The first-order valence-electron chi connectivity index (χ1n) is 11.2. The fourth-order valence-corrected chi connectivity index (χ4v) is 4.16. The van der Waals surface area contributed by atoms with Gasteiger partial charge < -0.3 is 10.3 Å². The van der Waals surface area contributed by atoms with Crippen LogP contribution in [0.4, 0.5) is 10.1 Å². The largest absolute Gasteiger partial charge is 0.382 e. The Kier molecular flexibility index (Phi) is 4.95. The summed E-state index contributed by atoms with van der Waals surface area (Å²) < 4.78 is 13.8. The number of fused-ring (bicyclic) bond motifs is 2. The number of nitrogens with one attached hydrogen (secondary N) is 3. The van der Waals surface area contributed by atoms with Crippen molar-refractivity contribution in [2.75, 3.05) is 5.32 Å². The third-order valence-corrected chi connectivity index (χ3v) is 5.69. The van der Waals surface area contributed by atoms with Crippen molar-refractivity contribution >= 4 is 27.6 Å². The van der Waals surface area contributed by atoms with Gasteiger partial charge in [0.1, 0.15) is 11.5 Å². The molecule has 0 atom stereocenters. The second kappa shape index (κ2) is 8.28. The van der Waals surface area contributed by atoms with E-state index in [4.69, 9.17) is 4.98 Å². The second-order valence-electron chi connectivity index (χ2n) is 8.63. The number of aromatic amines is 2. The van der Waals surface area contributed by atoms with E-state index in [9.17, 15) is 4.39 Å². The fraction of sp³-hybridized carbons (Fsp3) is 0.115. The van der Waals surface area contributed by atoms with Crippen molar-refractivity contribution < 1.29 is 4.39 Å². The van der Waals surface area contributed by atoms with Crippen molar-refractivity contribution in [3.05, 3.63) is 73.2 Å². The Morgan fingerprint density at radius 1 is 0.914 bits per heavy atom. The number of rotatable bonds is 5. The molecule has 5 aromatic heterocycles. The quantitative estimate of drug-likeness (QED) is 0.307. The zero-order chi connectivity index (χ0) is 23.9. The molecule has 172 valence electrons. The van der Waals surface area contributed by atoms with Gasteiger partial charge in [-0.2, -0.15) is 5.10 Å². The van der Waals surface area contributed by atoms with Crippen LogP contribution in [0.25, 0.3) is 55.8 Å². The van der Waals surface area contributed by atoms with E-state index in [0.717, 1.165) is 38.9 Å². The van der Waals surface area contributed by atoms with Crippen molar-refractivity contribution in [1.82, 2.24) is 35.1 Å². The maximum absolute atomic E-state index is 13.8. The summed E-state index contributed by atoms with van der Waals surface area (Å²) in [5.74, 6) is 0.276. The van der Waals surface area contributed by atoms with Gasteiger partial charge in [-0.3, -0.25) is 20.1 Å². The van der Waals surface area contributed by atoms with E-state index in [2.05, 4.69) is 49.3 Å². The Morgan fingerprint density at radius 3 is 2.66 bits per heavy atom. The lowest BCUT2D eigenvalue weighted by molar-refractivity contribution is 0.628. The molecule has 0 aliphatic heterocycles. The lowest BCUT2D eigenvalue weighted by atomic mass is 10.1. The first kappa shape index (κ1) is 20.9. The predicted molar refractivity (Wildman–Crippen MR) is 134 cm³/mol. The summed E-state index contributed by atoms with van der Waals surface area (Å²) in [6.45, 7) is 4.16. The summed E-state index contributed by atoms with van der Waals surface area (Å²) in [4.78, 5) is 21.4. The van der Waals surface area contributed by atoms with Crippen LogP contribution in [0.1, 0.15) is 13.8 Å². The molecule has 0 unspecified atom stereocenters. The molecule has 9 heteroatoms. The van der Waals surface area contributed by atoms with Crippen molar-refractivity contribution in [2.45, 2.75) is 19.9 Å². The lowest BCUT2D eigenvalue weighted by Crippen LogP contribution is -2.09. The van der Waals surface area contributed by atoms with Crippen LogP contribution in [-0.2, 0) is 0 Å². The molecule has 0 radical (unpaired) electrons. The molecule has 0 saturated heterocycles. The van der Waals surface area contributed by atoms with E-state index in [1.165, 1.54) is 12.1 Å². The molecule has 0 aliphatic rings. The molecular formula is C26H21FN8. The molecule has 0 aliphatic carbocycles. The summed E-state index contributed by atoms with van der Waals surface area (Å²) >= 11 is 0. The molecule has 8 nitrogen and oxygen atoms in total. The number of aromatic nitrogens is 7. The Balaban J connectivity index is 1.45. The average molecular weight is 465 g/mol. The summed E-state index contributed by atoms with van der Waals surface area (Å²) in [7, 11) is 0. The number of H-pyrrole nitrogens is 2. The molecule has 6 aromatic rings. The highest BCUT2D eigenvalue weighted by Crippen LogP contribution is 2.32. The number of hydrogen-bond donors (Lipinski definition) is 3. The van der Waals surface area contributed by atoms with Crippen molar-refractivity contribution in [3.8, 4) is 33.9 Å². The highest BCUT2D eigenvalue weighted by atomic mass is 19.1. The smallest absolute Gasteiger partial charge is 0.159 e. The first-order chi connectivity index (χ1) is 17.0. The Morgan fingerprint density at radius 2 is 1.80 bits per heavy atom. The van der Waals surface area contributed by atoms with Gasteiger partial charge in [0, 0.05) is 41.1 Å². The molecule has 0 amide bonds. The summed E-state index contributed by atoms with van der Waals surface area (Å²) in [5.41, 5.74) is 6.94. The number of anilines is 1. The van der Waals surface area contributed by atoms with Gasteiger partial charge in [-0.25, -0.2) is 9.37 Å². The minimum absolute atomic E-state index is 0.294. The number of hydrogen-bond acceptors (Lipinski definition) is 6. The van der Waals surface area contributed by atoms with Crippen LogP contribution in [0.15, 0.2) is 67.4 Å².